The predicted octanol–water partition coefficient (Wildman–Crippen LogP) is 1.94. The van der Waals surface area contributed by atoms with Gasteiger partial charge in [0.05, 0.1) is 12.1 Å². The number of carboxylic acid groups (broad SMARTS) is 1. The highest BCUT2D eigenvalue weighted by Gasteiger charge is 2.03. The van der Waals surface area contributed by atoms with Gasteiger partial charge in [-0.3, -0.25) is 4.68 Å². The fourth-order valence-electron chi connectivity index (χ4n) is 1.49. The number of hydrogen-bond acceptors (Lipinski definition) is 2. The molecule has 0 aliphatic heterocycles. The van der Waals surface area contributed by atoms with Gasteiger partial charge >= 0.3 is 5.97 Å². The molecule has 0 radical (unpaired) electrons. The van der Waals surface area contributed by atoms with Crippen LogP contribution in [0.2, 0.25) is 0 Å². The monoisotopic (exact) mass is 216 g/mol. The smallest absolute Gasteiger partial charge is 0.335 e. The number of carboxylic acids is 1. The van der Waals surface area contributed by atoms with E-state index in [1.54, 1.807) is 18.3 Å². The van der Waals surface area contributed by atoms with Crippen LogP contribution in [0.25, 0.3) is 0 Å². The van der Waals surface area contributed by atoms with Crippen LogP contribution in [0.3, 0.4) is 0 Å². The minimum atomic E-state index is -0.901. The standard InChI is InChI=1S/C12H12N2O2/c1-9-6-7-13-14(9)8-10-2-4-11(5-3-10)12(15)16/h2-7H,8H2,1H3,(H,15,16). The van der Waals surface area contributed by atoms with Gasteiger partial charge in [0, 0.05) is 11.9 Å². The summed E-state index contributed by atoms with van der Waals surface area (Å²) in [6.07, 6.45) is 1.75. The van der Waals surface area contributed by atoms with E-state index in [2.05, 4.69) is 5.10 Å². The van der Waals surface area contributed by atoms with Crippen LogP contribution in [0.5, 0.6) is 0 Å². The highest BCUT2D eigenvalue weighted by atomic mass is 16.4. The molecule has 2 aromatic rings. The van der Waals surface area contributed by atoms with Crippen LogP contribution in [0, 0.1) is 6.92 Å². The van der Waals surface area contributed by atoms with E-state index in [1.807, 2.05) is 29.8 Å². The SMILES string of the molecule is Cc1ccnn1Cc1ccc(C(=O)O)cc1. The first-order valence-corrected chi connectivity index (χ1v) is 4.97. The molecule has 1 N–H and O–H groups in total. The Morgan fingerprint density at radius 3 is 2.50 bits per heavy atom. The van der Waals surface area contributed by atoms with Gasteiger partial charge in [-0.25, -0.2) is 4.79 Å². The quantitative estimate of drug-likeness (QED) is 0.853. The van der Waals surface area contributed by atoms with Gasteiger partial charge in [-0.2, -0.15) is 5.10 Å². The summed E-state index contributed by atoms with van der Waals surface area (Å²) >= 11 is 0. The minimum Gasteiger partial charge on any atom is -0.478 e. The molecule has 1 aromatic carbocycles. The molecule has 2 rings (SSSR count). The molecular weight excluding hydrogens is 204 g/mol. The molecule has 0 aliphatic rings. The number of hydrogen-bond donors (Lipinski definition) is 1. The van der Waals surface area contributed by atoms with Crippen molar-refractivity contribution in [2.45, 2.75) is 13.5 Å². The predicted molar refractivity (Wildman–Crippen MR) is 59.5 cm³/mol. The van der Waals surface area contributed by atoms with E-state index >= 15 is 0 Å². The summed E-state index contributed by atoms with van der Waals surface area (Å²) in [4.78, 5) is 10.7. The molecule has 1 aromatic heterocycles. The largest absolute Gasteiger partial charge is 0.478 e. The normalized spacial score (nSPS) is 10.3. The first kappa shape index (κ1) is 10.4. The first-order chi connectivity index (χ1) is 7.66. The topological polar surface area (TPSA) is 55.1 Å². The van der Waals surface area contributed by atoms with Gasteiger partial charge in [0.15, 0.2) is 0 Å². The van der Waals surface area contributed by atoms with Crippen molar-refractivity contribution in [1.29, 1.82) is 0 Å². The number of benzene rings is 1. The van der Waals surface area contributed by atoms with Crippen LogP contribution in [0.15, 0.2) is 36.5 Å². The van der Waals surface area contributed by atoms with Crippen molar-refractivity contribution < 1.29 is 9.90 Å². The number of aromatic nitrogens is 2. The second-order valence-corrected chi connectivity index (χ2v) is 3.63. The van der Waals surface area contributed by atoms with Crippen molar-refractivity contribution in [2.24, 2.45) is 0 Å². The molecular formula is C12H12N2O2. The lowest BCUT2D eigenvalue weighted by Crippen LogP contribution is -2.04. The molecule has 4 nitrogen and oxygen atoms in total. The van der Waals surface area contributed by atoms with E-state index in [-0.39, 0.29) is 0 Å². The number of carbonyl (C=O) groups is 1. The highest BCUT2D eigenvalue weighted by molar-refractivity contribution is 5.87. The lowest BCUT2D eigenvalue weighted by atomic mass is 10.1. The number of rotatable bonds is 3. The van der Waals surface area contributed by atoms with E-state index in [4.69, 9.17) is 5.11 Å². The maximum absolute atomic E-state index is 10.7. The zero-order chi connectivity index (χ0) is 11.5. The van der Waals surface area contributed by atoms with Gasteiger partial charge in [0.25, 0.3) is 0 Å². The number of aromatic carboxylic acids is 1. The molecule has 0 atom stereocenters. The van der Waals surface area contributed by atoms with Crippen molar-refractivity contribution >= 4 is 5.97 Å². The fourth-order valence-corrected chi connectivity index (χ4v) is 1.49. The average Bonchev–Trinajstić information content (AvgIpc) is 2.65. The van der Waals surface area contributed by atoms with Gasteiger partial charge in [-0.1, -0.05) is 12.1 Å². The van der Waals surface area contributed by atoms with Crippen molar-refractivity contribution in [3.05, 3.63) is 53.3 Å². The van der Waals surface area contributed by atoms with Crippen molar-refractivity contribution in [1.82, 2.24) is 9.78 Å². The Kier molecular flexibility index (Phi) is 2.72. The zero-order valence-electron chi connectivity index (χ0n) is 8.92. The van der Waals surface area contributed by atoms with Crippen LogP contribution >= 0.6 is 0 Å². The van der Waals surface area contributed by atoms with Crippen LogP contribution < -0.4 is 0 Å². The maximum Gasteiger partial charge on any atom is 0.335 e. The summed E-state index contributed by atoms with van der Waals surface area (Å²) in [5, 5.41) is 12.9. The van der Waals surface area contributed by atoms with Crippen LogP contribution in [-0.2, 0) is 6.54 Å². The Bertz CT molecular complexity index is 500. The number of nitrogens with zero attached hydrogens (tertiary/aromatic N) is 2. The molecule has 0 bridgehead atoms. The zero-order valence-corrected chi connectivity index (χ0v) is 8.92. The molecule has 0 aliphatic carbocycles. The summed E-state index contributed by atoms with van der Waals surface area (Å²) < 4.78 is 1.87. The second kappa shape index (κ2) is 4.18. The van der Waals surface area contributed by atoms with Crippen LogP contribution in [0.4, 0.5) is 0 Å². The second-order valence-electron chi connectivity index (χ2n) is 3.63. The van der Waals surface area contributed by atoms with Crippen molar-refractivity contribution in [3.8, 4) is 0 Å². The Morgan fingerprint density at radius 2 is 2.00 bits per heavy atom. The lowest BCUT2D eigenvalue weighted by Gasteiger charge is -2.04. The van der Waals surface area contributed by atoms with Crippen LogP contribution in [0.1, 0.15) is 21.6 Å². The van der Waals surface area contributed by atoms with E-state index in [0.29, 0.717) is 12.1 Å². The van der Waals surface area contributed by atoms with Crippen molar-refractivity contribution in [3.63, 3.8) is 0 Å². The molecule has 0 amide bonds. The molecule has 0 saturated heterocycles. The third kappa shape index (κ3) is 2.11. The van der Waals surface area contributed by atoms with Crippen LogP contribution in [-0.4, -0.2) is 20.9 Å². The molecule has 0 unspecified atom stereocenters. The fraction of sp³-hybridized carbons (Fsp3) is 0.167. The third-order valence-electron chi connectivity index (χ3n) is 2.46. The molecule has 0 spiro atoms. The molecule has 0 fully saturated rings. The summed E-state index contributed by atoms with van der Waals surface area (Å²) in [7, 11) is 0. The minimum absolute atomic E-state index is 0.306. The molecule has 4 heteroatoms. The van der Waals surface area contributed by atoms with Gasteiger partial charge < -0.3 is 5.11 Å². The summed E-state index contributed by atoms with van der Waals surface area (Å²) in [5.74, 6) is -0.901. The van der Waals surface area contributed by atoms with E-state index in [0.717, 1.165) is 11.3 Å². The van der Waals surface area contributed by atoms with Gasteiger partial charge in [-0.05, 0) is 30.7 Å². The number of aryl methyl sites for hydroxylation is 1. The molecule has 0 saturated carbocycles. The van der Waals surface area contributed by atoms with E-state index in [1.165, 1.54) is 0 Å². The van der Waals surface area contributed by atoms with E-state index in [9.17, 15) is 4.79 Å². The molecule has 1 heterocycles. The average molecular weight is 216 g/mol. The Hall–Kier alpha value is -2.10. The Balaban J connectivity index is 2.17. The summed E-state index contributed by atoms with van der Waals surface area (Å²) in [6.45, 7) is 2.65. The van der Waals surface area contributed by atoms with E-state index < -0.39 is 5.97 Å². The molecule has 82 valence electrons. The Labute approximate surface area is 93.1 Å². The maximum atomic E-state index is 10.7. The Morgan fingerprint density at radius 1 is 1.31 bits per heavy atom. The summed E-state index contributed by atoms with van der Waals surface area (Å²) in [5.41, 5.74) is 2.43. The highest BCUT2D eigenvalue weighted by Crippen LogP contribution is 2.07. The molecule has 16 heavy (non-hydrogen) atoms. The third-order valence-corrected chi connectivity index (χ3v) is 2.46. The van der Waals surface area contributed by atoms with Gasteiger partial charge in [-0.15, -0.1) is 0 Å². The summed E-state index contributed by atoms with van der Waals surface area (Å²) in [6, 6.07) is 8.77. The van der Waals surface area contributed by atoms with Crippen molar-refractivity contribution in [2.75, 3.05) is 0 Å². The lowest BCUT2D eigenvalue weighted by molar-refractivity contribution is 0.0697. The first-order valence-electron chi connectivity index (χ1n) is 4.97. The van der Waals surface area contributed by atoms with Gasteiger partial charge in [0.2, 0.25) is 0 Å². The van der Waals surface area contributed by atoms with Gasteiger partial charge in [0.1, 0.15) is 0 Å².